The van der Waals surface area contributed by atoms with Crippen molar-refractivity contribution < 1.29 is 0 Å². The maximum atomic E-state index is 2.63. The van der Waals surface area contributed by atoms with Crippen molar-refractivity contribution in [1.29, 1.82) is 0 Å². The van der Waals surface area contributed by atoms with E-state index in [1.807, 2.05) is 27.7 Å². The van der Waals surface area contributed by atoms with Crippen molar-refractivity contribution in [2.45, 2.75) is 94.9 Å². The van der Waals surface area contributed by atoms with Gasteiger partial charge in [0, 0.05) is 13.1 Å². The van der Waals surface area contributed by atoms with E-state index < -0.39 is 0 Å². The molecule has 0 amide bonds. The molecular formula is C23H49N. The van der Waals surface area contributed by atoms with Crippen LogP contribution in [-0.4, -0.2) is 24.5 Å². The molecule has 1 saturated carbocycles. The quantitative estimate of drug-likeness (QED) is 0.436. The summed E-state index contributed by atoms with van der Waals surface area (Å²) in [7, 11) is 0. The van der Waals surface area contributed by atoms with Crippen molar-refractivity contribution in [2.24, 2.45) is 23.7 Å². The molecule has 0 aromatic heterocycles. The fraction of sp³-hybridized carbons (Fsp3) is 0.913. The lowest BCUT2D eigenvalue weighted by molar-refractivity contribution is 0.175. The maximum Gasteiger partial charge on any atom is 0.0165 e. The van der Waals surface area contributed by atoms with E-state index in [9.17, 15) is 0 Å². The molecule has 0 spiro atoms. The van der Waals surface area contributed by atoms with E-state index >= 15 is 0 Å². The molecule has 0 heterocycles. The summed E-state index contributed by atoms with van der Waals surface area (Å²) in [5.74, 6) is 3.51. The third kappa shape index (κ3) is 11.3. The van der Waals surface area contributed by atoms with Gasteiger partial charge in [0.1, 0.15) is 0 Å². The predicted molar refractivity (Wildman–Crippen MR) is 114 cm³/mol. The Labute approximate surface area is 155 Å². The third-order valence-electron chi connectivity index (χ3n) is 5.38. The highest BCUT2D eigenvalue weighted by molar-refractivity contribution is 5.02. The number of rotatable bonds is 7. The average molecular weight is 340 g/mol. The Balaban J connectivity index is 0. The minimum Gasteiger partial charge on any atom is -0.300 e. The summed E-state index contributed by atoms with van der Waals surface area (Å²) >= 11 is 0. The first kappa shape index (κ1) is 25.9. The van der Waals surface area contributed by atoms with Crippen molar-refractivity contribution >= 4 is 0 Å². The molecule has 0 saturated heterocycles. The smallest absolute Gasteiger partial charge is 0.0165 e. The van der Waals surface area contributed by atoms with Gasteiger partial charge in [-0.15, -0.1) is 0 Å². The first-order valence-corrected chi connectivity index (χ1v) is 10.8. The lowest BCUT2D eigenvalue weighted by Gasteiger charge is -2.33. The van der Waals surface area contributed by atoms with E-state index in [0.29, 0.717) is 5.92 Å². The van der Waals surface area contributed by atoms with Crippen LogP contribution in [0.25, 0.3) is 0 Å². The predicted octanol–water partition coefficient (Wildman–Crippen LogP) is 7.43. The molecule has 1 aliphatic rings. The second-order valence-corrected chi connectivity index (χ2v) is 7.48. The molecule has 24 heavy (non-hydrogen) atoms. The molecule has 0 N–H and O–H groups in total. The lowest BCUT2D eigenvalue weighted by Crippen LogP contribution is -2.32. The molecule has 0 unspecified atom stereocenters. The Bertz CT molecular complexity index is 282. The second-order valence-electron chi connectivity index (χ2n) is 7.48. The Hall–Kier alpha value is -0.300. The molecule has 0 aromatic carbocycles. The topological polar surface area (TPSA) is 3.24 Å². The highest BCUT2D eigenvalue weighted by Crippen LogP contribution is 2.33. The number of likely N-dealkylation sites (N-methyl/N-ethyl adjacent to an activating group) is 1. The largest absolute Gasteiger partial charge is 0.300 e. The average Bonchev–Trinajstić information content (AvgIpc) is 2.62. The first-order chi connectivity index (χ1) is 11.4. The van der Waals surface area contributed by atoms with Gasteiger partial charge in [-0.1, -0.05) is 74.0 Å². The van der Waals surface area contributed by atoms with E-state index in [2.05, 4.69) is 52.5 Å². The number of hydrogen-bond acceptors (Lipinski definition) is 1. The van der Waals surface area contributed by atoms with Gasteiger partial charge in [-0.05, 0) is 62.8 Å². The second kappa shape index (κ2) is 16.2. The minimum absolute atomic E-state index is 0.690. The summed E-state index contributed by atoms with van der Waals surface area (Å²) in [6, 6.07) is 0. The Morgan fingerprint density at radius 1 is 0.958 bits per heavy atom. The Morgan fingerprint density at radius 2 is 1.46 bits per heavy atom. The van der Waals surface area contributed by atoms with Crippen molar-refractivity contribution in [1.82, 2.24) is 4.90 Å². The highest BCUT2D eigenvalue weighted by Gasteiger charge is 2.24. The minimum atomic E-state index is 0.690. The summed E-state index contributed by atoms with van der Waals surface area (Å²) in [5, 5.41) is 0. The van der Waals surface area contributed by atoms with Crippen LogP contribution >= 0.6 is 0 Å². The van der Waals surface area contributed by atoms with E-state index in [4.69, 9.17) is 0 Å². The van der Waals surface area contributed by atoms with Crippen molar-refractivity contribution in [3.8, 4) is 0 Å². The van der Waals surface area contributed by atoms with Gasteiger partial charge in [0.15, 0.2) is 0 Å². The fourth-order valence-electron chi connectivity index (χ4n) is 3.24. The van der Waals surface area contributed by atoms with Crippen LogP contribution in [0.1, 0.15) is 94.9 Å². The van der Waals surface area contributed by atoms with Crippen LogP contribution in [0.3, 0.4) is 0 Å². The van der Waals surface area contributed by atoms with Gasteiger partial charge in [0.05, 0.1) is 0 Å². The van der Waals surface area contributed by atoms with Gasteiger partial charge in [-0.3, -0.25) is 4.90 Å². The van der Waals surface area contributed by atoms with E-state index in [1.54, 1.807) is 0 Å². The molecular weight excluding hydrogens is 290 g/mol. The molecule has 1 aliphatic carbocycles. The zero-order chi connectivity index (χ0) is 19.1. The zero-order valence-corrected chi connectivity index (χ0v) is 18.8. The van der Waals surface area contributed by atoms with Gasteiger partial charge < -0.3 is 0 Å². The number of allylic oxidation sites excluding steroid dienone is 1. The van der Waals surface area contributed by atoms with Gasteiger partial charge in [0.25, 0.3) is 0 Å². The Morgan fingerprint density at radius 3 is 1.83 bits per heavy atom. The monoisotopic (exact) mass is 339 g/mol. The molecule has 146 valence electrons. The molecule has 0 aromatic rings. The summed E-state index contributed by atoms with van der Waals surface area (Å²) in [4.78, 5) is 2.63. The summed E-state index contributed by atoms with van der Waals surface area (Å²) in [6.45, 7) is 25.6. The first-order valence-electron chi connectivity index (χ1n) is 10.8. The van der Waals surface area contributed by atoms with Crippen LogP contribution in [0.4, 0.5) is 0 Å². The molecule has 0 radical (unpaired) electrons. The third-order valence-corrected chi connectivity index (χ3v) is 5.38. The van der Waals surface area contributed by atoms with Crippen molar-refractivity contribution in [3.63, 3.8) is 0 Å². The molecule has 0 atom stereocenters. The molecule has 1 nitrogen and oxygen atoms in total. The van der Waals surface area contributed by atoms with Crippen LogP contribution in [-0.2, 0) is 0 Å². The van der Waals surface area contributed by atoms with Crippen molar-refractivity contribution in [3.05, 3.63) is 11.6 Å². The van der Waals surface area contributed by atoms with Gasteiger partial charge in [0.2, 0.25) is 0 Å². The van der Waals surface area contributed by atoms with E-state index in [0.717, 1.165) is 24.3 Å². The maximum absolute atomic E-state index is 2.63. The molecule has 0 aliphatic heterocycles. The molecule has 1 heteroatoms. The summed E-state index contributed by atoms with van der Waals surface area (Å²) in [5.41, 5.74) is 1.53. The standard InChI is InChI=1S/C19H37N.2C2H6/c1-7-20(13-12-17(6)15(2)3)14-18-8-10-19(11-9-18)16(4)5;2*1-2/h12,15-16,18-19H,7-11,13-14H2,1-6H3;2*1-2H3/b17-12+;;. The van der Waals surface area contributed by atoms with Gasteiger partial charge in [-0.25, -0.2) is 0 Å². The molecule has 0 bridgehead atoms. The van der Waals surface area contributed by atoms with Gasteiger partial charge >= 0.3 is 0 Å². The van der Waals surface area contributed by atoms with E-state index in [-0.39, 0.29) is 0 Å². The van der Waals surface area contributed by atoms with Crippen LogP contribution in [0.5, 0.6) is 0 Å². The lowest BCUT2D eigenvalue weighted by atomic mass is 9.77. The van der Waals surface area contributed by atoms with Crippen LogP contribution in [0.15, 0.2) is 11.6 Å². The van der Waals surface area contributed by atoms with E-state index in [1.165, 1.54) is 44.3 Å². The van der Waals surface area contributed by atoms with Gasteiger partial charge in [-0.2, -0.15) is 0 Å². The van der Waals surface area contributed by atoms with Crippen LogP contribution in [0, 0.1) is 23.7 Å². The highest BCUT2D eigenvalue weighted by atomic mass is 15.1. The van der Waals surface area contributed by atoms with Crippen LogP contribution < -0.4 is 0 Å². The zero-order valence-electron chi connectivity index (χ0n) is 18.8. The molecule has 1 fully saturated rings. The Kier molecular flexibility index (Phi) is 17.5. The normalized spacial score (nSPS) is 21.3. The number of nitrogens with zero attached hydrogens (tertiary/aromatic N) is 1. The SMILES string of the molecule is CC.CC.CCN(C/C=C(\C)C(C)C)CC1CCC(C(C)C)CC1. The van der Waals surface area contributed by atoms with Crippen molar-refractivity contribution in [2.75, 3.05) is 19.6 Å². The number of hydrogen-bond donors (Lipinski definition) is 0. The summed E-state index contributed by atoms with van der Waals surface area (Å²) < 4.78 is 0. The summed E-state index contributed by atoms with van der Waals surface area (Å²) in [6.07, 6.45) is 8.26. The molecule has 1 rings (SSSR count). The fourth-order valence-corrected chi connectivity index (χ4v) is 3.24. The van der Waals surface area contributed by atoms with Crippen LogP contribution in [0.2, 0.25) is 0 Å².